The zero-order valence-electron chi connectivity index (χ0n) is 18.5. The van der Waals surface area contributed by atoms with Gasteiger partial charge in [-0.25, -0.2) is 21.2 Å². The van der Waals surface area contributed by atoms with Gasteiger partial charge in [-0.2, -0.15) is 4.72 Å². The Labute approximate surface area is 194 Å². The van der Waals surface area contributed by atoms with Crippen LogP contribution < -0.4 is 14.9 Å². The number of anilines is 1. The van der Waals surface area contributed by atoms with Crippen molar-refractivity contribution in [3.8, 4) is 0 Å². The molecule has 1 aliphatic heterocycles. The molecule has 0 unspecified atom stereocenters. The molecule has 11 heteroatoms. The van der Waals surface area contributed by atoms with Crippen LogP contribution in [0.25, 0.3) is 0 Å². The molecule has 0 spiro atoms. The summed E-state index contributed by atoms with van der Waals surface area (Å²) in [5, 5.41) is 2.85. The summed E-state index contributed by atoms with van der Waals surface area (Å²) in [4.78, 5) is 14.4. The molecule has 0 aliphatic carbocycles. The lowest BCUT2D eigenvalue weighted by molar-refractivity contribution is -0.123. The highest BCUT2D eigenvalue weighted by atomic mass is 32.2. The SMILES string of the molecule is CCS(=O)(=O)c1ccc(N2CCC(NC(=O)[C@H](C)NS(=O)(=O)c3ccccc3F)CC2)cc1. The fourth-order valence-corrected chi connectivity index (χ4v) is 5.82. The largest absolute Gasteiger partial charge is 0.371 e. The summed E-state index contributed by atoms with van der Waals surface area (Å²) in [6, 6.07) is 10.5. The number of halogens is 1. The quantitative estimate of drug-likeness (QED) is 0.577. The van der Waals surface area contributed by atoms with Crippen LogP contribution in [0.4, 0.5) is 10.1 Å². The van der Waals surface area contributed by atoms with Crippen molar-refractivity contribution < 1.29 is 26.0 Å². The number of sulfonamides is 1. The molecule has 0 radical (unpaired) electrons. The number of hydrogen-bond donors (Lipinski definition) is 2. The van der Waals surface area contributed by atoms with E-state index in [9.17, 15) is 26.0 Å². The molecule has 2 aromatic rings. The predicted molar refractivity (Wildman–Crippen MR) is 124 cm³/mol. The van der Waals surface area contributed by atoms with Gasteiger partial charge in [-0.15, -0.1) is 0 Å². The fraction of sp³-hybridized carbons (Fsp3) is 0.409. The number of rotatable bonds is 8. The van der Waals surface area contributed by atoms with Gasteiger partial charge in [0.25, 0.3) is 0 Å². The van der Waals surface area contributed by atoms with E-state index in [-0.39, 0.29) is 11.8 Å². The Balaban J connectivity index is 1.53. The van der Waals surface area contributed by atoms with Gasteiger partial charge in [0, 0.05) is 24.8 Å². The van der Waals surface area contributed by atoms with Crippen molar-refractivity contribution in [2.75, 3.05) is 23.7 Å². The molecule has 2 aromatic carbocycles. The Hall–Kier alpha value is -2.50. The highest BCUT2D eigenvalue weighted by Gasteiger charge is 2.27. The van der Waals surface area contributed by atoms with E-state index >= 15 is 0 Å². The first-order chi connectivity index (χ1) is 15.5. The van der Waals surface area contributed by atoms with Crippen LogP contribution in [0.1, 0.15) is 26.7 Å². The predicted octanol–water partition coefficient (Wildman–Crippen LogP) is 2.07. The first kappa shape index (κ1) is 25.1. The minimum Gasteiger partial charge on any atom is -0.371 e. The first-order valence-corrected chi connectivity index (χ1v) is 13.8. The third-order valence-corrected chi connectivity index (χ3v) is 8.96. The van der Waals surface area contributed by atoms with Gasteiger partial charge in [0.2, 0.25) is 15.9 Å². The monoisotopic (exact) mass is 497 g/mol. The molecule has 33 heavy (non-hydrogen) atoms. The molecule has 1 aliphatic rings. The normalized spacial score (nSPS) is 16.4. The van der Waals surface area contributed by atoms with Gasteiger partial charge >= 0.3 is 0 Å². The Morgan fingerprint density at radius 2 is 1.67 bits per heavy atom. The summed E-state index contributed by atoms with van der Waals surface area (Å²) >= 11 is 0. The molecule has 0 saturated carbocycles. The average molecular weight is 498 g/mol. The van der Waals surface area contributed by atoms with Crippen molar-refractivity contribution in [1.29, 1.82) is 0 Å². The summed E-state index contributed by atoms with van der Waals surface area (Å²) < 4.78 is 64.7. The maximum atomic E-state index is 13.8. The standard InChI is InChI=1S/C22H28FN3O5S2/c1-3-32(28,29)19-10-8-18(9-11-19)26-14-12-17(13-15-26)24-22(27)16(2)25-33(30,31)21-7-5-4-6-20(21)23/h4-11,16-17,25H,3,12-15H2,1-2H3,(H,24,27)/t16-/m0/s1. The molecule has 1 fully saturated rings. The highest BCUT2D eigenvalue weighted by Crippen LogP contribution is 2.23. The van der Waals surface area contributed by atoms with Crippen LogP contribution >= 0.6 is 0 Å². The third-order valence-electron chi connectivity index (χ3n) is 5.63. The van der Waals surface area contributed by atoms with Crippen molar-refractivity contribution in [3.05, 3.63) is 54.3 Å². The van der Waals surface area contributed by atoms with Crippen LogP contribution in [0, 0.1) is 5.82 Å². The molecule has 1 heterocycles. The summed E-state index contributed by atoms with van der Waals surface area (Å²) in [6.45, 7) is 4.32. The second kappa shape index (κ2) is 10.2. The fourth-order valence-electron chi connectivity index (χ4n) is 3.65. The molecule has 1 atom stereocenters. The number of sulfone groups is 1. The highest BCUT2D eigenvalue weighted by molar-refractivity contribution is 7.91. The number of nitrogens with one attached hydrogen (secondary N) is 2. The van der Waals surface area contributed by atoms with Gasteiger partial charge in [-0.05, 0) is 56.2 Å². The zero-order valence-corrected chi connectivity index (χ0v) is 20.1. The number of carbonyl (C=O) groups is 1. The molecule has 0 aromatic heterocycles. The zero-order chi connectivity index (χ0) is 24.2. The summed E-state index contributed by atoms with van der Waals surface area (Å²) in [7, 11) is -7.42. The Kier molecular flexibility index (Phi) is 7.76. The van der Waals surface area contributed by atoms with Crippen molar-refractivity contribution in [2.45, 2.75) is 48.6 Å². The lowest BCUT2D eigenvalue weighted by atomic mass is 10.0. The van der Waals surface area contributed by atoms with E-state index in [1.807, 2.05) is 0 Å². The van der Waals surface area contributed by atoms with E-state index in [4.69, 9.17) is 0 Å². The lowest BCUT2D eigenvalue weighted by Crippen LogP contribution is -2.51. The summed E-state index contributed by atoms with van der Waals surface area (Å²) in [5.41, 5.74) is 0.904. The molecule has 180 valence electrons. The topological polar surface area (TPSA) is 113 Å². The van der Waals surface area contributed by atoms with Crippen LogP contribution in [0.5, 0.6) is 0 Å². The van der Waals surface area contributed by atoms with Crippen molar-refractivity contribution in [1.82, 2.24) is 10.0 Å². The van der Waals surface area contributed by atoms with Gasteiger partial charge in [-0.1, -0.05) is 19.1 Å². The van der Waals surface area contributed by atoms with E-state index in [2.05, 4.69) is 14.9 Å². The summed E-state index contributed by atoms with van der Waals surface area (Å²) in [6.07, 6.45) is 1.29. The molecule has 1 amide bonds. The minimum atomic E-state index is -4.17. The van der Waals surface area contributed by atoms with Crippen LogP contribution in [0.15, 0.2) is 58.3 Å². The molecule has 0 bridgehead atoms. The van der Waals surface area contributed by atoms with E-state index in [1.165, 1.54) is 19.1 Å². The number of amides is 1. The molecular weight excluding hydrogens is 469 g/mol. The van der Waals surface area contributed by atoms with E-state index in [1.54, 1.807) is 31.2 Å². The first-order valence-electron chi connectivity index (χ1n) is 10.7. The van der Waals surface area contributed by atoms with Crippen LogP contribution in [-0.2, 0) is 24.7 Å². The second-order valence-electron chi connectivity index (χ2n) is 7.94. The van der Waals surface area contributed by atoms with Crippen molar-refractivity contribution >= 4 is 31.5 Å². The molecule has 3 rings (SSSR count). The van der Waals surface area contributed by atoms with Gasteiger partial charge in [-0.3, -0.25) is 4.79 Å². The van der Waals surface area contributed by atoms with Crippen molar-refractivity contribution in [3.63, 3.8) is 0 Å². The molecule has 2 N–H and O–H groups in total. The van der Waals surface area contributed by atoms with E-state index in [0.717, 1.165) is 17.8 Å². The Morgan fingerprint density at radius 3 is 2.24 bits per heavy atom. The van der Waals surface area contributed by atoms with Crippen LogP contribution in [0.3, 0.4) is 0 Å². The lowest BCUT2D eigenvalue weighted by Gasteiger charge is -2.34. The van der Waals surface area contributed by atoms with Crippen LogP contribution in [0.2, 0.25) is 0 Å². The smallest absolute Gasteiger partial charge is 0.244 e. The number of carbonyl (C=O) groups excluding carboxylic acids is 1. The van der Waals surface area contributed by atoms with E-state index < -0.39 is 42.5 Å². The second-order valence-corrected chi connectivity index (χ2v) is 11.9. The average Bonchev–Trinajstić information content (AvgIpc) is 2.79. The number of piperidine rings is 1. The minimum absolute atomic E-state index is 0.0479. The maximum Gasteiger partial charge on any atom is 0.244 e. The maximum absolute atomic E-state index is 13.8. The number of nitrogens with zero attached hydrogens (tertiary/aromatic N) is 1. The summed E-state index contributed by atoms with van der Waals surface area (Å²) in [5.74, 6) is -1.32. The Morgan fingerprint density at radius 1 is 1.06 bits per heavy atom. The van der Waals surface area contributed by atoms with E-state index in [0.29, 0.717) is 30.8 Å². The number of benzene rings is 2. The third kappa shape index (κ3) is 6.10. The van der Waals surface area contributed by atoms with Gasteiger partial charge in [0.05, 0.1) is 16.7 Å². The van der Waals surface area contributed by atoms with Gasteiger partial charge in [0.1, 0.15) is 10.7 Å². The number of hydrogen-bond acceptors (Lipinski definition) is 6. The van der Waals surface area contributed by atoms with Crippen LogP contribution in [-0.4, -0.2) is 53.7 Å². The molecule has 1 saturated heterocycles. The van der Waals surface area contributed by atoms with Gasteiger partial charge < -0.3 is 10.2 Å². The van der Waals surface area contributed by atoms with Crippen molar-refractivity contribution in [2.24, 2.45) is 0 Å². The molecule has 8 nitrogen and oxygen atoms in total. The Bertz CT molecular complexity index is 1190. The van der Waals surface area contributed by atoms with Gasteiger partial charge in [0.15, 0.2) is 9.84 Å². The molecular formula is C22H28FN3O5S2.